The predicted octanol–water partition coefficient (Wildman–Crippen LogP) is 8.94. The number of hydrogen-bond donors (Lipinski definition) is 1. The van der Waals surface area contributed by atoms with Gasteiger partial charge in [-0.1, -0.05) is 35.3 Å². The molecule has 0 saturated carbocycles. The number of para-hydroxylation sites is 1. The zero-order valence-corrected chi connectivity index (χ0v) is 28.6. The van der Waals surface area contributed by atoms with Gasteiger partial charge in [-0.05, 0) is 106 Å². The van der Waals surface area contributed by atoms with Crippen molar-refractivity contribution in [1.29, 1.82) is 0 Å². The van der Waals surface area contributed by atoms with Crippen LogP contribution in [-0.4, -0.2) is 35.0 Å². The van der Waals surface area contributed by atoms with Crippen molar-refractivity contribution in [2.45, 2.75) is 6.92 Å². The van der Waals surface area contributed by atoms with Gasteiger partial charge in [0.2, 0.25) is 5.82 Å². The molecule has 0 saturated heterocycles. The quantitative estimate of drug-likeness (QED) is 0.147. The van der Waals surface area contributed by atoms with E-state index in [1.165, 1.54) is 10.9 Å². The summed E-state index contributed by atoms with van der Waals surface area (Å²) in [6, 6.07) is 22.4. The monoisotopic (exact) mass is 782 g/mol. The average Bonchev–Trinajstić information content (AvgIpc) is 3.47. The van der Waals surface area contributed by atoms with E-state index in [9.17, 15) is 9.59 Å². The number of carbonyl (C=O) groups excluding carboxylic acids is 1. The summed E-state index contributed by atoms with van der Waals surface area (Å²) in [5.41, 5.74) is 1.83. The number of anilines is 1. The van der Waals surface area contributed by atoms with Crippen LogP contribution in [0.2, 0.25) is 10.0 Å². The van der Waals surface area contributed by atoms with E-state index >= 15 is 0 Å². The lowest BCUT2D eigenvalue weighted by molar-refractivity contribution is -0.118. The zero-order chi connectivity index (χ0) is 32.4. The molecule has 0 atom stereocenters. The van der Waals surface area contributed by atoms with E-state index in [0.717, 1.165) is 5.39 Å². The molecule has 1 N–H and O–H groups in total. The van der Waals surface area contributed by atoms with Crippen molar-refractivity contribution in [1.82, 2.24) is 9.66 Å². The number of furan rings is 1. The minimum atomic E-state index is -0.387. The number of fused-ring (bicyclic) bond motifs is 2. The molecule has 2 heterocycles. The van der Waals surface area contributed by atoms with Gasteiger partial charge in [-0.15, -0.1) is 0 Å². The summed E-state index contributed by atoms with van der Waals surface area (Å²) in [7, 11) is 0. The first-order valence-corrected chi connectivity index (χ1v) is 16.1. The van der Waals surface area contributed by atoms with Crippen LogP contribution in [-0.2, 0) is 4.79 Å². The fourth-order valence-corrected chi connectivity index (χ4v) is 5.84. The second-order valence-corrected chi connectivity index (χ2v) is 12.3. The largest absolute Gasteiger partial charge is 0.490 e. The number of rotatable bonds is 9. The normalized spacial score (nSPS) is 11.4. The minimum Gasteiger partial charge on any atom is -0.490 e. The maximum Gasteiger partial charge on any atom is 0.282 e. The predicted molar refractivity (Wildman–Crippen MR) is 188 cm³/mol. The second-order valence-electron chi connectivity index (χ2n) is 9.80. The molecule has 232 valence electrons. The van der Waals surface area contributed by atoms with Crippen LogP contribution in [0.15, 0.2) is 102 Å². The van der Waals surface area contributed by atoms with Crippen molar-refractivity contribution >= 4 is 94.7 Å². The van der Waals surface area contributed by atoms with E-state index in [1.807, 2.05) is 6.92 Å². The van der Waals surface area contributed by atoms with Gasteiger partial charge in [-0.25, -0.2) is 4.98 Å². The maximum absolute atomic E-state index is 13.7. The summed E-state index contributed by atoms with van der Waals surface area (Å²) in [6.45, 7) is 1.87. The molecule has 0 bridgehead atoms. The molecule has 0 aliphatic rings. The molecule has 0 spiro atoms. The first kappa shape index (κ1) is 31.8. The molecule has 6 aromatic rings. The van der Waals surface area contributed by atoms with Crippen molar-refractivity contribution in [2.75, 3.05) is 18.5 Å². The van der Waals surface area contributed by atoms with Crippen molar-refractivity contribution in [3.05, 3.63) is 114 Å². The highest BCUT2D eigenvalue weighted by atomic mass is 79.9. The summed E-state index contributed by atoms with van der Waals surface area (Å²) >= 11 is 19.3. The van der Waals surface area contributed by atoms with E-state index < -0.39 is 0 Å². The van der Waals surface area contributed by atoms with Gasteiger partial charge in [-0.2, -0.15) is 9.78 Å². The Labute approximate surface area is 289 Å². The summed E-state index contributed by atoms with van der Waals surface area (Å²) in [5, 5.41) is 9.58. The lowest BCUT2D eigenvalue weighted by atomic mass is 10.2. The molecule has 9 nitrogen and oxygen atoms in total. The lowest BCUT2D eigenvalue weighted by Crippen LogP contribution is -2.21. The molecule has 0 aliphatic carbocycles. The Hall–Kier alpha value is -4.16. The second kappa shape index (κ2) is 13.7. The molecule has 1 amide bonds. The number of benzene rings is 4. The Balaban J connectivity index is 1.36. The minimum absolute atomic E-state index is 0.208. The first-order chi connectivity index (χ1) is 22.2. The number of hydrogen-bond acceptors (Lipinski definition) is 7. The Kier molecular flexibility index (Phi) is 9.46. The number of nitrogens with zero attached hydrogens (tertiary/aromatic N) is 3. The van der Waals surface area contributed by atoms with Gasteiger partial charge in [0.1, 0.15) is 5.58 Å². The maximum atomic E-state index is 13.7. The third kappa shape index (κ3) is 6.68. The Morgan fingerprint density at radius 1 is 1.00 bits per heavy atom. The fraction of sp³-hybridized carbons (Fsp3) is 0.0909. The van der Waals surface area contributed by atoms with E-state index in [1.54, 1.807) is 78.9 Å². The Morgan fingerprint density at radius 3 is 2.54 bits per heavy atom. The number of carbonyl (C=O) groups is 1. The molecule has 0 radical (unpaired) electrons. The van der Waals surface area contributed by atoms with Crippen LogP contribution in [0.5, 0.6) is 11.5 Å². The van der Waals surface area contributed by atoms with E-state index in [0.29, 0.717) is 70.6 Å². The number of amides is 1. The zero-order valence-electron chi connectivity index (χ0n) is 23.9. The summed E-state index contributed by atoms with van der Waals surface area (Å²) in [4.78, 5) is 31.0. The molecule has 4 aromatic carbocycles. The van der Waals surface area contributed by atoms with Crippen LogP contribution < -0.4 is 20.3 Å². The summed E-state index contributed by atoms with van der Waals surface area (Å²) in [5.74, 6) is 0.842. The molecule has 0 fully saturated rings. The van der Waals surface area contributed by atoms with Crippen molar-refractivity contribution in [3.63, 3.8) is 0 Å². The fourth-order valence-electron chi connectivity index (χ4n) is 4.60. The highest BCUT2D eigenvalue weighted by Gasteiger charge is 2.20. The molecule has 2 aromatic heterocycles. The molecule has 0 aliphatic heterocycles. The summed E-state index contributed by atoms with van der Waals surface area (Å²) in [6.07, 6.45) is 1.50. The van der Waals surface area contributed by atoms with Gasteiger partial charge >= 0.3 is 0 Å². The van der Waals surface area contributed by atoms with Crippen LogP contribution in [0.25, 0.3) is 33.5 Å². The van der Waals surface area contributed by atoms with Crippen LogP contribution in [0, 0.1) is 0 Å². The van der Waals surface area contributed by atoms with E-state index in [4.69, 9.17) is 42.1 Å². The number of aromatic nitrogens is 2. The molecular weight excluding hydrogens is 763 g/mol. The van der Waals surface area contributed by atoms with Gasteiger partial charge < -0.3 is 19.2 Å². The topological polar surface area (TPSA) is 108 Å². The number of ether oxygens (including phenoxy) is 2. The highest BCUT2D eigenvalue weighted by molar-refractivity contribution is 9.13. The standard InChI is InChI=1S/C33H22Br2Cl2N4O5/c1-2-44-26-15-19(29(34)30(35)31(26)45-17-28(42)39-22-10-7-20(36)8-11-22)16-38-41-32(40-24-6-4-3-5-23(24)33(41)43)27-14-18-13-21(37)9-12-25(18)46-27/h3-16H,2,17H2,1H3,(H,39,42). The lowest BCUT2D eigenvalue weighted by Gasteiger charge is -2.16. The molecule has 6 rings (SSSR count). The molecule has 46 heavy (non-hydrogen) atoms. The van der Waals surface area contributed by atoms with Crippen molar-refractivity contribution in [3.8, 4) is 23.1 Å². The average molecular weight is 785 g/mol. The van der Waals surface area contributed by atoms with E-state index in [-0.39, 0.29) is 23.9 Å². The molecular formula is C33H22Br2Cl2N4O5. The van der Waals surface area contributed by atoms with Crippen LogP contribution in [0.3, 0.4) is 0 Å². The van der Waals surface area contributed by atoms with E-state index in [2.05, 4.69) is 42.3 Å². The third-order valence-electron chi connectivity index (χ3n) is 6.70. The SMILES string of the molecule is CCOc1cc(C=Nn2c(-c3cc4cc(Cl)ccc4o3)nc3ccccc3c2=O)c(Br)c(Br)c1OCC(=O)Nc1ccc(Cl)cc1. The van der Waals surface area contributed by atoms with Crippen LogP contribution in [0.1, 0.15) is 12.5 Å². The summed E-state index contributed by atoms with van der Waals surface area (Å²) < 4.78 is 20.0. The number of nitrogens with one attached hydrogen (secondary N) is 1. The third-order valence-corrected chi connectivity index (χ3v) is 9.33. The van der Waals surface area contributed by atoms with Gasteiger partial charge in [0, 0.05) is 31.2 Å². The van der Waals surface area contributed by atoms with Gasteiger partial charge in [0.15, 0.2) is 23.9 Å². The Morgan fingerprint density at radius 2 is 1.76 bits per heavy atom. The van der Waals surface area contributed by atoms with Gasteiger partial charge in [-0.3, -0.25) is 9.59 Å². The Bertz CT molecular complexity index is 2200. The van der Waals surface area contributed by atoms with Gasteiger partial charge in [0.05, 0.1) is 28.2 Å². The smallest absolute Gasteiger partial charge is 0.282 e. The van der Waals surface area contributed by atoms with Gasteiger partial charge in [0.25, 0.3) is 11.5 Å². The highest BCUT2D eigenvalue weighted by Crippen LogP contribution is 2.42. The molecule has 0 unspecified atom stereocenters. The van der Waals surface area contributed by atoms with Crippen LogP contribution >= 0.6 is 55.1 Å². The van der Waals surface area contributed by atoms with Crippen LogP contribution in [0.4, 0.5) is 5.69 Å². The number of halogens is 4. The van der Waals surface area contributed by atoms with Crippen molar-refractivity contribution < 1.29 is 18.7 Å². The van der Waals surface area contributed by atoms with Crippen molar-refractivity contribution in [2.24, 2.45) is 5.10 Å². The first-order valence-electron chi connectivity index (χ1n) is 13.8. The molecule has 13 heteroatoms.